The first kappa shape index (κ1) is 14.7. The van der Waals surface area contributed by atoms with Crippen molar-refractivity contribution in [2.24, 2.45) is 5.73 Å². The molecule has 0 bridgehead atoms. The highest BCUT2D eigenvalue weighted by molar-refractivity contribution is 7.90. The minimum Gasteiger partial charge on any atom is -0.469 e. The summed E-state index contributed by atoms with van der Waals surface area (Å²) >= 11 is 0. The Morgan fingerprint density at radius 3 is 2.22 bits per heavy atom. The van der Waals surface area contributed by atoms with E-state index >= 15 is 0 Å². The van der Waals surface area contributed by atoms with E-state index in [1.54, 1.807) is 19.1 Å². The van der Waals surface area contributed by atoms with E-state index in [1.807, 2.05) is 0 Å². The van der Waals surface area contributed by atoms with Crippen LogP contribution in [0.15, 0.2) is 29.2 Å². The van der Waals surface area contributed by atoms with Crippen LogP contribution >= 0.6 is 0 Å². The molecule has 0 aliphatic carbocycles. The Morgan fingerprint density at radius 2 is 1.83 bits per heavy atom. The fourth-order valence-electron chi connectivity index (χ4n) is 1.56. The maximum Gasteiger partial charge on any atom is 0.307 e. The van der Waals surface area contributed by atoms with Crippen molar-refractivity contribution in [3.05, 3.63) is 29.8 Å². The number of methoxy groups -OCH3 is 1. The molecule has 0 saturated heterocycles. The van der Waals surface area contributed by atoms with Crippen molar-refractivity contribution in [3.8, 4) is 0 Å². The van der Waals surface area contributed by atoms with Crippen molar-refractivity contribution in [3.63, 3.8) is 0 Å². The number of sulfone groups is 1. The van der Waals surface area contributed by atoms with Crippen LogP contribution in [-0.2, 0) is 24.9 Å². The first-order valence-electron chi connectivity index (χ1n) is 5.33. The van der Waals surface area contributed by atoms with Gasteiger partial charge in [0.15, 0.2) is 9.84 Å². The molecular weight excluding hydrogens is 254 g/mol. The van der Waals surface area contributed by atoms with Crippen LogP contribution in [0.3, 0.4) is 0 Å². The van der Waals surface area contributed by atoms with E-state index in [-0.39, 0.29) is 11.3 Å². The van der Waals surface area contributed by atoms with Crippen LogP contribution in [0.5, 0.6) is 0 Å². The van der Waals surface area contributed by atoms with E-state index < -0.39 is 21.3 Å². The van der Waals surface area contributed by atoms with Crippen LogP contribution in [-0.4, -0.2) is 27.8 Å². The molecule has 100 valence electrons. The number of carbonyl (C=O) groups is 1. The molecule has 5 nitrogen and oxygen atoms in total. The average Bonchev–Trinajstić information content (AvgIpc) is 2.27. The number of benzene rings is 1. The topological polar surface area (TPSA) is 86.5 Å². The monoisotopic (exact) mass is 271 g/mol. The molecule has 0 heterocycles. The van der Waals surface area contributed by atoms with Crippen molar-refractivity contribution < 1.29 is 17.9 Å². The number of ether oxygens (including phenoxy) is 1. The van der Waals surface area contributed by atoms with Gasteiger partial charge in [-0.1, -0.05) is 12.1 Å². The summed E-state index contributed by atoms with van der Waals surface area (Å²) in [6.45, 7) is 1.69. The van der Waals surface area contributed by atoms with Gasteiger partial charge in [-0.05, 0) is 24.6 Å². The highest BCUT2D eigenvalue weighted by Crippen LogP contribution is 2.23. The van der Waals surface area contributed by atoms with Gasteiger partial charge >= 0.3 is 5.97 Å². The third kappa shape index (κ3) is 3.54. The second-order valence-corrected chi connectivity index (χ2v) is 6.48. The summed E-state index contributed by atoms with van der Waals surface area (Å²) in [4.78, 5) is 11.5. The molecule has 2 N–H and O–H groups in total. The van der Waals surface area contributed by atoms with E-state index in [0.717, 1.165) is 6.26 Å². The zero-order valence-electron chi connectivity index (χ0n) is 10.6. The molecule has 1 atom stereocenters. The van der Waals surface area contributed by atoms with Crippen LogP contribution in [0.1, 0.15) is 18.9 Å². The summed E-state index contributed by atoms with van der Waals surface area (Å²) in [7, 11) is -1.93. The van der Waals surface area contributed by atoms with Crippen molar-refractivity contribution in [1.82, 2.24) is 0 Å². The van der Waals surface area contributed by atoms with Crippen LogP contribution in [0.25, 0.3) is 0 Å². The molecule has 6 heteroatoms. The molecule has 0 aliphatic rings. The van der Waals surface area contributed by atoms with Crippen LogP contribution < -0.4 is 5.73 Å². The summed E-state index contributed by atoms with van der Waals surface area (Å²) in [5.74, 6) is -0.410. The molecule has 0 fully saturated rings. The van der Waals surface area contributed by atoms with Crippen LogP contribution in [0, 0.1) is 0 Å². The van der Waals surface area contributed by atoms with Crippen molar-refractivity contribution >= 4 is 15.8 Å². The highest BCUT2D eigenvalue weighted by atomic mass is 32.2. The molecule has 0 amide bonds. The second-order valence-electron chi connectivity index (χ2n) is 4.47. The molecule has 0 saturated carbocycles. The lowest BCUT2D eigenvalue weighted by Gasteiger charge is -2.23. The van der Waals surface area contributed by atoms with Gasteiger partial charge in [-0.3, -0.25) is 4.79 Å². The lowest BCUT2D eigenvalue weighted by molar-refractivity contribution is -0.141. The standard InChI is InChI=1S/C12H17NO4S/c1-12(13,8-11(14)17-2)9-4-6-10(7-5-9)18(3,15)16/h4-7H,8,13H2,1-3H3. The summed E-state index contributed by atoms with van der Waals surface area (Å²) in [5.41, 5.74) is 5.82. The number of carbonyl (C=O) groups excluding carboxylic acids is 1. The lowest BCUT2D eigenvalue weighted by atomic mass is 9.90. The number of hydrogen-bond acceptors (Lipinski definition) is 5. The van der Waals surface area contributed by atoms with Gasteiger partial charge in [0, 0.05) is 11.8 Å². The second kappa shape index (κ2) is 5.07. The van der Waals surface area contributed by atoms with Gasteiger partial charge in [0.2, 0.25) is 0 Å². The van der Waals surface area contributed by atoms with Gasteiger partial charge in [0.25, 0.3) is 0 Å². The average molecular weight is 271 g/mol. The number of rotatable bonds is 4. The Kier molecular flexibility index (Phi) is 4.13. The highest BCUT2D eigenvalue weighted by Gasteiger charge is 2.25. The molecular formula is C12H17NO4S. The summed E-state index contributed by atoms with van der Waals surface area (Å²) < 4.78 is 27.2. The molecule has 0 aromatic heterocycles. The summed E-state index contributed by atoms with van der Waals surface area (Å²) in [6.07, 6.45) is 1.17. The molecule has 0 spiro atoms. The van der Waals surface area contributed by atoms with Gasteiger partial charge in [0.05, 0.1) is 18.4 Å². The number of hydrogen-bond donors (Lipinski definition) is 1. The Labute approximate surface area is 107 Å². The van der Waals surface area contributed by atoms with Crippen molar-refractivity contribution in [2.75, 3.05) is 13.4 Å². The van der Waals surface area contributed by atoms with Gasteiger partial charge in [-0.15, -0.1) is 0 Å². The largest absolute Gasteiger partial charge is 0.469 e. The van der Waals surface area contributed by atoms with E-state index in [2.05, 4.69) is 4.74 Å². The third-order valence-electron chi connectivity index (χ3n) is 2.68. The van der Waals surface area contributed by atoms with Gasteiger partial charge in [0.1, 0.15) is 0 Å². The van der Waals surface area contributed by atoms with E-state index in [1.165, 1.54) is 19.2 Å². The van der Waals surface area contributed by atoms with Gasteiger partial charge in [-0.25, -0.2) is 8.42 Å². The molecule has 18 heavy (non-hydrogen) atoms. The van der Waals surface area contributed by atoms with Crippen molar-refractivity contribution in [2.45, 2.75) is 23.8 Å². The quantitative estimate of drug-likeness (QED) is 0.820. The minimum atomic E-state index is -3.23. The Morgan fingerprint density at radius 1 is 1.33 bits per heavy atom. The van der Waals surface area contributed by atoms with Crippen molar-refractivity contribution in [1.29, 1.82) is 0 Å². The molecule has 1 aromatic carbocycles. The summed E-state index contributed by atoms with van der Waals surface area (Å²) in [6, 6.07) is 6.18. The molecule has 1 rings (SSSR count). The molecule has 1 aromatic rings. The van der Waals surface area contributed by atoms with E-state index in [4.69, 9.17) is 5.73 Å². The Balaban J connectivity index is 3.01. The zero-order valence-corrected chi connectivity index (χ0v) is 11.5. The van der Waals surface area contributed by atoms with Gasteiger partial charge in [-0.2, -0.15) is 0 Å². The molecule has 1 unspecified atom stereocenters. The third-order valence-corrected chi connectivity index (χ3v) is 3.81. The lowest BCUT2D eigenvalue weighted by Crippen LogP contribution is -2.35. The van der Waals surface area contributed by atoms with Gasteiger partial charge < -0.3 is 10.5 Å². The normalized spacial score (nSPS) is 14.9. The SMILES string of the molecule is COC(=O)CC(C)(N)c1ccc(S(C)(=O)=O)cc1. The fraction of sp³-hybridized carbons (Fsp3) is 0.417. The maximum absolute atomic E-state index is 11.3. The maximum atomic E-state index is 11.3. The fourth-order valence-corrected chi connectivity index (χ4v) is 2.19. The Bertz CT molecular complexity index is 532. The van der Waals surface area contributed by atoms with E-state index in [9.17, 15) is 13.2 Å². The first-order chi connectivity index (χ1) is 8.16. The first-order valence-corrected chi connectivity index (χ1v) is 7.22. The minimum absolute atomic E-state index is 0.0295. The number of nitrogens with two attached hydrogens (primary N) is 1. The number of esters is 1. The van der Waals surface area contributed by atoms with Crippen LogP contribution in [0.2, 0.25) is 0 Å². The predicted molar refractivity (Wildman–Crippen MR) is 67.7 cm³/mol. The van der Waals surface area contributed by atoms with E-state index in [0.29, 0.717) is 5.56 Å². The Hall–Kier alpha value is -1.40. The zero-order chi connectivity index (χ0) is 14.0. The molecule has 0 radical (unpaired) electrons. The predicted octanol–water partition coefficient (Wildman–Crippen LogP) is 0.827. The molecule has 0 aliphatic heterocycles. The summed E-state index contributed by atoms with van der Waals surface area (Å²) in [5, 5.41) is 0. The van der Waals surface area contributed by atoms with Crippen LogP contribution in [0.4, 0.5) is 0 Å². The smallest absolute Gasteiger partial charge is 0.307 e.